The van der Waals surface area contributed by atoms with Crippen molar-refractivity contribution in [3.8, 4) is 0 Å². The molecule has 0 N–H and O–H groups in total. The second kappa shape index (κ2) is 5.93. The highest BCUT2D eigenvalue weighted by molar-refractivity contribution is 6.32. The molecule has 0 aliphatic carbocycles. The lowest BCUT2D eigenvalue weighted by atomic mass is 10.2. The Balaban J connectivity index is 2.26. The molecule has 0 unspecified atom stereocenters. The lowest BCUT2D eigenvalue weighted by Crippen LogP contribution is -2.24. The summed E-state index contributed by atoms with van der Waals surface area (Å²) in [6, 6.07) is 3.87. The van der Waals surface area contributed by atoms with E-state index in [1.165, 1.54) is 0 Å². The number of anilines is 1. The van der Waals surface area contributed by atoms with Crippen LogP contribution in [-0.2, 0) is 6.54 Å². The maximum absolute atomic E-state index is 5.99. The second-order valence-electron chi connectivity index (χ2n) is 3.56. The first-order chi connectivity index (χ1) is 8.70. The summed E-state index contributed by atoms with van der Waals surface area (Å²) in [5.41, 5.74) is 1.11. The average Bonchev–Trinajstić information content (AvgIpc) is 2.40. The summed E-state index contributed by atoms with van der Waals surface area (Å²) in [6.45, 7) is 3.40. The molecule has 2 aromatic rings. The summed E-state index contributed by atoms with van der Waals surface area (Å²) in [5, 5.41) is 7.69. The van der Waals surface area contributed by atoms with Gasteiger partial charge in [0.25, 0.3) is 0 Å². The molecular formula is C11H11Cl2N5. The third kappa shape index (κ3) is 3.05. The van der Waals surface area contributed by atoms with Gasteiger partial charge in [-0.3, -0.25) is 4.98 Å². The molecule has 0 saturated carbocycles. The maximum atomic E-state index is 5.99. The van der Waals surface area contributed by atoms with E-state index in [1.807, 2.05) is 24.0 Å². The van der Waals surface area contributed by atoms with Crippen LogP contribution in [-0.4, -0.2) is 26.7 Å². The zero-order valence-corrected chi connectivity index (χ0v) is 11.2. The van der Waals surface area contributed by atoms with E-state index in [0.29, 0.717) is 12.4 Å². The van der Waals surface area contributed by atoms with Gasteiger partial charge < -0.3 is 4.90 Å². The molecule has 0 radical (unpaired) electrons. The molecule has 0 amide bonds. The lowest BCUT2D eigenvalue weighted by Gasteiger charge is -2.22. The molecular weight excluding hydrogens is 273 g/mol. The minimum atomic E-state index is 0.0857. The average molecular weight is 284 g/mol. The molecule has 0 spiro atoms. The molecule has 2 rings (SSSR count). The molecule has 94 valence electrons. The Labute approximate surface area is 115 Å². The van der Waals surface area contributed by atoms with Crippen LogP contribution in [0.4, 0.5) is 5.82 Å². The normalized spacial score (nSPS) is 10.4. The van der Waals surface area contributed by atoms with Gasteiger partial charge in [-0.1, -0.05) is 11.6 Å². The summed E-state index contributed by atoms with van der Waals surface area (Å²) in [4.78, 5) is 10.1. The monoisotopic (exact) mass is 283 g/mol. The van der Waals surface area contributed by atoms with Crippen molar-refractivity contribution in [3.63, 3.8) is 0 Å². The Morgan fingerprint density at radius 1 is 1.17 bits per heavy atom. The number of hydrogen-bond acceptors (Lipinski definition) is 5. The van der Waals surface area contributed by atoms with Crippen LogP contribution in [0, 0.1) is 0 Å². The summed E-state index contributed by atoms with van der Waals surface area (Å²) >= 11 is 11.7. The van der Waals surface area contributed by atoms with Gasteiger partial charge in [0, 0.05) is 25.5 Å². The molecule has 0 fully saturated rings. The Morgan fingerprint density at radius 2 is 1.89 bits per heavy atom. The van der Waals surface area contributed by atoms with Crippen molar-refractivity contribution >= 4 is 29.0 Å². The van der Waals surface area contributed by atoms with Crippen LogP contribution in [0.2, 0.25) is 10.4 Å². The van der Waals surface area contributed by atoms with Crippen LogP contribution in [0.3, 0.4) is 0 Å². The van der Waals surface area contributed by atoms with Gasteiger partial charge in [0.05, 0.1) is 0 Å². The third-order valence-corrected chi connectivity index (χ3v) is 2.81. The smallest absolute Gasteiger partial charge is 0.245 e. The van der Waals surface area contributed by atoms with Crippen LogP contribution in [0.5, 0.6) is 0 Å². The fraction of sp³-hybridized carbons (Fsp3) is 0.273. The largest absolute Gasteiger partial charge is 0.350 e. The van der Waals surface area contributed by atoms with Crippen LogP contribution in [0.25, 0.3) is 0 Å². The third-order valence-electron chi connectivity index (χ3n) is 2.41. The maximum Gasteiger partial charge on any atom is 0.245 e. The van der Waals surface area contributed by atoms with E-state index >= 15 is 0 Å². The highest BCUT2D eigenvalue weighted by atomic mass is 35.5. The molecule has 0 bridgehead atoms. The molecule has 2 heterocycles. The first kappa shape index (κ1) is 13.0. The summed E-state index contributed by atoms with van der Waals surface area (Å²) in [5.74, 6) is 0.538. The van der Waals surface area contributed by atoms with Crippen LogP contribution in [0.15, 0.2) is 24.5 Å². The van der Waals surface area contributed by atoms with Crippen LogP contribution >= 0.6 is 23.2 Å². The highest BCUT2D eigenvalue weighted by Crippen LogP contribution is 2.22. The van der Waals surface area contributed by atoms with E-state index in [9.17, 15) is 0 Å². The number of aromatic nitrogens is 4. The highest BCUT2D eigenvalue weighted by Gasteiger charge is 2.13. The van der Waals surface area contributed by atoms with Gasteiger partial charge in [0.1, 0.15) is 0 Å². The first-order valence-electron chi connectivity index (χ1n) is 5.40. The van der Waals surface area contributed by atoms with Crippen molar-refractivity contribution < 1.29 is 0 Å². The molecule has 0 aromatic carbocycles. The Bertz CT molecular complexity index is 520. The van der Waals surface area contributed by atoms with Crippen molar-refractivity contribution in [1.82, 2.24) is 20.2 Å². The van der Waals surface area contributed by atoms with Gasteiger partial charge in [-0.2, -0.15) is 4.98 Å². The quantitative estimate of drug-likeness (QED) is 0.863. The minimum Gasteiger partial charge on any atom is -0.350 e. The molecule has 18 heavy (non-hydrogen) atoms. The predicted molar refractivity (Wildman–Crippen MR) is 70.8 cm³/mol. The standard InChI is InChI=1S/C11H11Cl2N5/c1-2-18(7-8-3-5-14-6-4-8)10-9(12)16-17-11(13)15-10/h3-6H,2,7H2,1H3. The number of rotatable bonds is 4. The molecule has 0 atom stereocenters. The number of nitrogens with zero attached hydrogens (tertiary/aromatic N) is 5. The minimum absolute atomic E-state index is 0.0857. The van der Waals surface area contributed by atoms with E-state index in [0.717, 1.165) is 12.1 Å². The molecule has 0 saturated heterocycles. The van der Waals surface area contributed by atoms with E-state index in [-0.39, 0.29) is 10.4 Å². The SMILES string of the molecule is CCN(Cc1ccncc1)c1nc(Cl)nnc1Cl. The summed E-state index contributed by atoms with van der Waals surface area (Å²) in [6.07, 6.45) is 3.49. The Hall–Kier alpha value is -1.46. The number of halogens is 2. The fourth-order valence-electron chi connectivity index (χ4n) is 1.53. The van der Waals surface area contributed by atoms with Gasteiger partial charge in [0.15, 0.2) is 11.0 Å². The van der Waals surface area contributed by atoms with Crippen molar-refractivity contribution in [3.05, 3.63) is 40.5 Å². The van der Waals surface area contributed by atoms with E-state index in [4.69, 9.17) is 23.2 Å². The van der Waals surface area contributed by atoms with Gasteiger partial charge in [-0.05, 0) is 36.2 Å². The Kier molecular flexibility index (Phi) is 4.28. The molecule has 5 nitrogen and oxygen atoms in total. The van der Waals surface area contributed by atoms with Crippen molar-refractivity contribution in [2.24, 2.45) is 0 Å². The molecule has 2 aromatic heterocycles. The van der Waals surface area contributed by atoms with Crippen LogP contribution < -0.4 is 4.90 Å². The molecule has 0 aliphatic heterocycles. The summed E-state index contributed by atoms with van der Waals surface area (Å²) in [7, 11) is 0. The summed E-state index contributed by atoms with van der Waals surface area (Å²) < 4.78 is 0. The van der Waals surface area contributed by atoms with E-state index < -0.39 is 0 Å². The van der Waals surface area contributed by atoms with Gasteiger partial charge in [-0.15, -0.1) is 10.2 Å². The fourth-order valence-corrected chi connectivity index (χ4v) is 1.85. The van der Waals surface area contributed by atoms with Crippen molar-refractivity contribution in [1.29, 1.82) is 0 Å². The van der Waals surface area contributed by atoms with Crippen LogP contribution in [0.1, 0.15) is 12.5 Å². The molecule has 0 aliphatic rings. The Morgan fingerprint density at radius 3 is 2.56 bits per heavy atom. The first-order valence-corrected chi connectivity index (χ1v) is 6.16. The number of pyridine rings is 1. The topological polar surface area (TPSA) is 54.8 Å². The van der Waals surface area contributed by atoms with Gasteiger partial charge >= 0.3 is 0 Å². The zero-order chi connectivity index (χ0) is 13.0. The lowest BCUT2D eigenvalue weighted by molar-refractivity contribution is 0.795. The zero-order valence-electron chi connectivity index (χ0n) is 9.72. The van der Waals surface area contributed by atoms with Crippen molar-refractivity contribution in [2.75, 3.05) is 11.4 Å². The van der Waals surface area contributed by atoms with E-state index in [1.54, 1.807) is 12.4 Å². The van der Waals surface area contributed by atoms with Gasteiger partial charge in [0.2, 0.25) is 5.28 Å². The van der Waals surface area contributed by atoms with Gasteiger partial charge in [-0.25, -0.2) is 0 Å². The van der Waals surface area contributed by atoms with Crippen molar-refractivity contribution in [2.45, 2.75) is 13.5 Å². The second-order valence-corrected chi connectivity index (χ2v) is 4.26. The predicted octanol–water partition coefficient (Wildman–Crippen LogP) is 2.60. The number of hydrogen-bond donors (Lipinski definition) is 0. The van der Waals surface area contributed by atoms with E-state index in [2.05, 4.69) is 20.2 Å². The molecule has 7 heteroatoms.